The Kier molecular flexibility index (Phi) is 5.20. The lowest BCUT2D eigenvalue weighted by Gasteiger charge is -2.10. The highest BCUT2D eigenvalue weighted by atomic mass is 32.2. The first-order chi connectivity index (χ1) is 14.1. The van der Waals surface area contributed by atoms with E-state index >= 15 is 0 Å². The number of aromatic nitrogens is 1. The highest BCUT2D eigenvalue weighted by Crippen LogP contribution is 2.36. The zero-order chi connectivity index (χ0) is 20.3. The summed E-state index contributed by atoms with van der Waals surface area (Å²) in [5.41, 5.74) is 1.08. The van der Waals surface area contributed by atoms with Crippen LogP contribution in [-0.4, -0.2) is 33.3 Å². The number of sulfonamides is 1. The van der Waals surface area contributed by atoms with Crippen LogP contribution in [0.4, 0.5) is 5.82 Å². The molecule has 1 aliphatic heterocycles. The molecular weight excluding hydrogens is 392 g/mol. The lowest BCUT2D eigenvalue weighted by Crippen LogP contribution is -2.26. The standard InChI is InChI=1S/C20H18N4O4S/c21-12-15-9-14-10-18-19(28-13-27-18)11-17(14)24-20(15)22-7-4-8-23-29(25,26)16-5-2-1-3-6-16/h1-3,5-6,9-11,23H,4,7-8,13H2,(H,22,24). The third-order valence-electron chi connectivity index (χ3n) is 4.42. The number of nitrogens with one attached hydrogen (secondary N) is 2. The molecule has 0 fully saturated rings. The number of fused-ring (bicyclic) bond motifs is 2. The highest BCUT2D eigenvalue weighted by Gasteiger charge is 2.16. The van der Waals surface area contributed by atoms with Gasteiger partial charge in [0.05, 0.1) is 16.0 Å². The van der Waals surface area contributed by atoms with Gasteiger partial charge in [-0.05, 0) is 30.7 Å². The third kappa shape index (κ3) is 4.08. The molecule has 0 saturated carbocycles. The predicted octanol–water partition coefficient (Wildman–Crippen LogP) is 2.62. The molecule has 0 aliphatic carbocycles. The molecule has 4 rings (SSSR count). The monoisotopic (exact) mass is 410 g/mol. The van der Waals surface area contributed by atoms with E-state index in [9.17, 15) is 13.7 Å². The van der Waals surface area contributed by atoms with Crippen molar-refractivity contribution in [3.8, 4) is 17.6 Å². The van der Waals surface area contributed by atoms with Gasteiger partial charge in [-0.3, -0.25) is 0 Å². The van der Waals surface area contributed by atoms with E-state index < -0.39 is 10.0 Å². The zero-order valence-corrected chi connectivity index (χ0v) is 16.2. The molecule has 2 heterocycles. The van der Waals surface area contributed by atoms with Gasteiger partial charge >= 0.3 is 0 Å². The van der Waals surface area contributed by atoms with Gasteiger partial charge in [0.2, 0.25) is 16.8 Å². The largest absolute Gasteiger partial charge is 0.454 e. The second-order valence-electron chi connectivity index (χ2n) is 6.39. The second-order valence-corrected chi connectivity index (χ2v) is 8.15. The molecule has 0 amide bonds. The van der Waals surface area contributed by atoms with Gasteiger partial charge in [-0.15, -0.1) is 0 Å². The molecule has 0 unspecified atom stereocenters. The fourth-order valence-electron chi connectivity index (χ4n) is 2.97. The number of benzene rings is 2. The van der Waals surface area contributed by atoms with Crippen molar-refractivity contribution in [2.45, 2.75) is 11.3 Å². The van der Waals surface area contributed by atoms with Crippen LogP contribution < -0.4 is 19.5 Å². The van der Waals surface area contributed by atoms with Crippen molar-refractivity contribution in [2.24, 2.45) is 0 Å². The van der Waals surface area contributed by atoms with E-state index in [0.717, 1.165) is 5.39 Å². The van der Waals surface area contributed by atoms with Crippen LogP contribution in [0.1, 0.15) is 12.0 Å². The van der Waals surface area contributed by atoms with Crippen LogP contribution in [0.15, 0.2) is 53.4 Å². The molecule has 148 valence electrons. The Hall–Kier alpha value is -3.35. The molecule has 2 N–H and O–H groups in total. The molecule has 29 heavy (non-hydrogen) atoms. The summed E-state index contributed by atoms with van der Waals surface area (Å²) in [5.74, 6) is 1.70. The maximum Gasteiger partial charge on any atom is 0.240 e. The molecule has 0 atom stereocenters. The van der Waals surface area contributed by atoms with Gasteiger partial charge in [0.15, 0.2) is 11.5 Å². The Morgan fingerprint density at radius 1 is 1.07 bits per heavy atom. The summed E-state index contributed by atoms with van der Waals surface area (Å²) < 4.78 is 37.7. The van der Waals surface area contributed by atoms with E-state index in [2.05, 4.69) is 21.1 Å². The first kappa shape index (κ1) is 19.0. The summed E-state index contributed by atoms with van der Waals surface area (Å²) >= 11 is 0. The van der Waals surface area contributed by atoms with Crippen molar-refractivity contribution >= 4 is 26.7 Å². The first-order valence-electron chi connectivity index (χ1n) is 9.00. The van der Waals surface area contributed by atoms with Crippen LogP contribution in [0.25, 0.3) is 10.9 Å². The Morgan fingerprint density at radius 3 is 2.59 bits per heavy atom. The molecule has 8 nitrogen and oxygen atoms in total. The van der Waals surface area contributed by atoms with E-state index in [-0.39, 0.29) is 18.2 Å². The summed E-state index contributed by atoms with van der Waals surface area (Å²) in [6.45, 7) is 0.883. The molecule has 9 heteroatoms. The van der Waals surface area contributed by atoms with Gasteiger partial charge in [0, 0.05) is 24.5 Å². The van der Waals surface area contributed by atoms with Crippen molar-refractivity contribution in [1.29, 1.82) is 5.26 Å². The summed E-state index contributed by atoms with van der Waals surface area (Å²) in [5, 5.41) is 13.3. The Labute approximate surface area is 168 Å². The van der Waals surface area contributed by atoms with Crippen LogP contribution in [0.3, 0.4) is 0 Å². The SMILES string of the molecule is N#Cc1cc2cc3c(cc2nc1NCCCNS(=O)(=O)c1ccccc1)OCO3. The fourth-order valence-corrected chi connectivity index (χ4v) is 4.06. The Balaban J connectivity index is 1.39. The number of nitrogens with zero attached hydrogens (tertiary/aromatic N) is 2. The summed E-state index contributed by atoms with van der Waals surface area (Å²) in [7, 11) is -3.52. The number of pyridine rings is 1. The number of rotatable bonds is 7. The lowest BCUT2D eigenvalue weighted by molar-refractivity contribution is 0.174. The maximum atomic E-state index is 12.2. The number of nitriles is 1. The van der Waals surface area contributed by atoms with Gasteiger partial charge in [0.25, 0.3) is 0 Å². The van der Waals surface area contributed by atoms with Crippen LogP contribution in [-0.2, 0) is 10.0 Å². The molecule has 3 aromatic rings. The normalized spacial score (nSPS) is 12.7. The minimum atomic E-state index is -3.52. The van der Waals surface area contributed by atoms with Gasteiger partial charge in [-0.25, -0.2) is 18.1 Å². The number of hydrogen-bond donors (Lipinski definition) is 2. The van der Waals surface area contributed by atoms with Gasteiger partial charge in [0.1, 0.15) is 11.9 Å². The average Bonchev–Trinajstić information content (AvgIpc) is 3.19. The highest BCUT2D eigenvalue weighted by molar-refractivity contribution is 7.89. The van der Waals surface area contributed by atoms with Crippen LogP contribution in [0.5, 0.6) is 11.5 Å². The van der Waals surface area contributed by atoms with E-state index in [4.69, 9.17) is 9.47 Å². The molecule has 1 aliphatic rings. The van der Waals surface area contributed by atoms with Crippen LogP contribution in [0.2, 0.25) is 0 Å². The minimum Gasteiger partial charge on any atom is -0.454 e. The van der Waals surface area contributed by atoms with Crippen molar-refractivity contribution in [3.05, 3.63) is 54.1 Å². The fraction of sp³-hybridized carbons (Fsp3) is 0.200. The van der Waals surface area contributed by atoms with E-state index in [0.29, 0.717) is 41.4 Å². The second kappa shape index (κ2) is 7.95. The summed E-state index contributed by atoms with van der Waals surface area (Å²) in [6.07, 6.45) is 0.526. The van der Waals surface area contributed by atoms with E-state index in [1.165, 1.54) is 0 Å². The number of anilines is 1. The van der Waals surface area contributed by atoms with Gasteiger partial charge in [-0.2, -0.15) is 5.26 Å². The Bertz CT molecular complexity index is 1190. The molecule has 0 radical (unpaired) electrons. The molecule has 1 aromatic heterocycles. The zero-order valence-electron chi connectivity index (χ0n) is 15.4. The number of ether oxygens (including phenoxy) is 2. The Morgan fingerprint density at radius 2 is 1.83 bits per heavy atom. The molecule has 0 bridgehead atoms. The maximum absolute atomic E-state index is 12.2. The molecule has 2 aromatic carbocycles. The van der Waals surface area contributed by atoms with Crippen molar-refractivity contribution in [2.75, 3.05) is 25.2 Å². The van der Waals surface area contributed by atoms with Crippen molar-refractivity contribution in [3.63, 3.8) is 0 Å². The van der Waals surface area contributed by atoms with E-state index in [1.807, 2.05) is 0 Å². The van der Waals surface area contributed by atoms with Crippen LogP contribution >= 0.6 is 0 Å². The molecular formula is C20H18N4O4S. The summed E-state index contributed by atoms with van der Waals surface area (Å²) in [4.78, 5) is 4.74. The van der Waals surface area contributed by atoms with Gasteiger partial charge in [-0.1, -0.05) is 18.2 Å². The predicted molar refractivity (Wildman–Crippen MR) is 107 cm³/mol. The smallest absolute Gasteiger partial charge is 0.240 e. The van der Waals surface area contributed by atoms with Gasteiger partial charge < -0.3 is 14.8 Å². The minimum absolute atomic E-state index is 0.167. The molecule has 0 spiro atoms. The van der Waals surface area contributed by atoms with Crippen molar-refractivity contribution in [1.82, 2.24) is 9.71 Å². The molecule has 0 saturated heterocycles. The van der Waals surface area contributed by atoms with Crippen molar-refractivity contribution < 1.29 is 17.9 Å². The lowest BCUT2D eigenvalue weighted by atomic mass is 10.1. The summed E-state index contributed by atoms with van der Waals surface area (Å²) in [6, 6.07) is 15.7. The topological polar surface area (TPSA) is 113 Å². The van der Waals surface area contributed by atoms with Crippen LogP contribution in [0, 0.1) is 11.3 Å². The first-order valence-corrected chi connectivity index (χ1v) is 10.5. The quantitative estimate of drug-likeness (QED) is 0.576. The average molecular weight is 410 g/mol. The number of hydrogen-bond acceptors (Lipinski definition) is 7. The van der Waals surface area contributed by atoms with E-state index in [1.54, 1.807) is 48.5 Å². The third-order valence-corrected chi connectivity index (χ3v) is 5.90.